The third kappa shape index (κ3) is 4.37. The first kappa shape index (κ1) is 20.9. The van der Waals surface area contributed by atoms with Crippen LogP contribution in [-0.4, -0.2) is 59.4 Å². The van der Waals surface area contributed by atoms with Gasteiger partial charge in [0.25, 0.3) is 0 Å². The SMILES string of the molecule is COc1ccc(N2CCC[C@@H](C(=O)N3CCC(O)(c4ccc(Cl)cc4)CC3)C2)nn1. The number of carbonyl (C=O) groups excluding carboxylic acids is 1. The minimum Gasteiger partial charge on any atom is -0.480 e. The van der Waals surface area contributed by atoms with Crippen molar-refractivity contribution in [3.63, 3.8) is 0 Å². The maximum absolute atomic E-state index is 13.2. The Balaban J connectivity index is 1.37. The van der Waals surface area contributed by atoms with Gasteiger partial charge in [0, 0.05) is 37.3 Å². The fourth-order valence-corrected chi connectivity index (χ4v) is 4.51. The Labute approximate surface area is 181 Å². The normalized spacial score (nSPS) is 21.4. The molecule has 0 bridgehead atoms. The van der Waals surface area contributed by atoms with Gasteiger partial charge in [-0.25, -0.2) is 0 Å². The van der Waals surface area contributed by atoms with E-state index in [1.54, 1.807) is 25.3 Å². The molecule has 2 aromatic rings. The van der Waals surface area contributed by atoms with Crippen LogP contribution in [0.2, 0.25) is 5.02 Å². The lowest BCUT2D eigenvalue weighted by atomic mass is 9.84. The number of amides is 1. The van der Waals surface area contributed by atoms with Gasteiger partial charge in [-0.1, -0.05) is 23.7 Å². The van der Waals surface area contributed by atoms with Gasteiger partial charge >= 0.3 is 0 Å². The number of hydrogen-bond acceptors (Lipinski definition) is 6. The Morgan fingerprint density at radius 2 is 1.87 bits per heavy atom. The number of halogens is 1. The van der Waals surface area contributed by atoms with Crippen molar-refractivity contribution in [3.05, 3.63) is 47.0 Å². The van der Waals surface area contributed by atoms with Crippen molar-refractivity contribution in [1.29, 1.82) is 0 Å². The fourth-order valence-electron chi connectivity index (χ4n) is 4.38. The Bertz CT molecular complexity index is 867. The molecule has 1 amide bonds. The topological polar surface area (TPSA) is 78.8 Å². The zero-order chi connectivity index (χ0) is 21.1. The molecule has 2 aliphatic rings. The molecule has 30 heavy (non-hydrogen) atoms. The van der Waals surface area contributed by atoms with Crippen LogP contribution < -0.4 is 9.64 Å². The molecule has 0 unspecified atom stereocenters. The van der Waals surface area contributed by atoms with Gasteiger partial charge in [0.2, 0.25) is 11.8 Å². The molecule has 0 saturated carbocycles. The number of benzene rings is 1. The summed E-state index contributed by atoms with van der Waals surface area (Å²) in [4.78, 5) is 17.2. The van der Waals surface area contributed by atoms with Gasteiger partial charge in [-0.05, 0) is 49.4 Å². The molecular formula is C22H27ClN4O3. The highest BCUT2D eigenvalue weighted by molar-refractivity contribution is 6.30. The number of piperidine rings is 2. The Morgan fingerprint density at radius 3 is 2.50 bits per heavy atom. The maximum atomic E-state index is 13.2. The van der Waals surface area contributed by atoms with Crippen molar-refractivity contribution in [2.45, 2.75) is 31.3 Å². The van der Waals surface area contributed by atoms with E-state index in [9.17, 15) is 9.90 Å². The number of rotatable bonds is 4. The predicted octanol–water partition coefficient (Wildman–Crippen LogP) is 2.87. The average molecular weight is 431 g/mol. The molecule has 1 N–H and O–H groups in total. The van der Waals surface area contributed by atoms with E-state index in [4.69, 9.17) is 16.3 Å². The Kier molecular flexibility index (Phi) is 6.11. The largest absolute Gasteiger partial charge is 0.480 e. The second-order valence-corrected chi connectivity index (χ2v) is 8.52. The van der Waals surface area contributed by atoms with E-state index in [2.05, 4.69) is 15.1 Å². The van der Waals surface area contributed by atoms with Crippen molar-refractivity contribution in [2.75, 3.05) is 38.2 Å². The second kappa shape index (κ2) is 8.78. The Morgan fingerprint density at radius 1 is 1.13 bits per heavy atom. The molecule has 2 aliphatic heterocycles. The molecule has 1 aromatic heterocycles. The number of likely N-dealkylation sites (tertiary alicyclic amines) is 1. The molecule has 7 nitrogen and oxygen atoms in total. The minimum atomic E-state index is -0.904. The molecule has 0 aliphatic carbocycles. The number of anilines is 1. The fraction of sp³-hybridized carbons (Fsp3) is 0.500. The molecule has 160 valence electrons. The van der Waals surface area contributed by atoms with E-state index in [0.29, 0.717) is 43.4 Å². The van der Waals surface area contributed by atoms with Crippen molar-refractivity contribution < 1.29 is 14.6 Å². The smallest absolute Gasteiger partial charge is 0.233 e. The maximum Gasteiger partial charge on any atom is 0.233 e. The van der Waals surface area contributed by atoms with Crippen LogP contribution in [0.1, 0.15) is 31.2 Å². The van der Waals surface area contributed by atoms with Gasteiger partial charge in [0.05, 0.1) is 18.6 Å². The summed E-state index contributed by atoms with van der Waals surface area (Å²) < 4.78 is 5.07. The van der Waals surface area contributed by atoms with Gasteiger partial charge in [-0.2, -0.15) is 0 Å². The molecule has 1 aromatic carbocycles. The zero-order valence-electron chi connectivity index (χ0n) is 17.1. The van der Waals surface area contributed by atoms with Gasteiger partial charge < -0.3 is 19.6 Å². The zero-order valence-corrected chi connectivity index (χ0v) is 17.9. The first-order valence-corrected chi connectivity index (χ1v) is 10.8. The lowest BCUT2D eigenvalue weighted by molar-refractivity contribution is -0.140. The quantitative estimate of drug-likeness (QED) is 0.803. The van der Waals surface area contributed by atoms with Crippen molar-refractivity contribution in [3.8, 4) is 5.88 Å². The summed E-state index contributed by atoms with van der Waals surface area (Å²) in [5.74, 6) is 1.35. The van der Waals surface area contributed by atoms with Gasteiger partial charge in [-0.15, -0.1) is 10.2 Å². The van der Waals surface area contributed by atoms with Crippen LogP contribution in [-0.2, 0) is 10.4 Å². The summed E-state index contributed by atoms with van der Waals surface area (Å²) in [6, 6.07) is 11.0. The van der Waals surface area contributed by atoms with E-state index < -0.39 is 5.60 Å². The molecular weight excluding hydrogens is 404 g/mol. The number of aromatic nitrogens is 2. The van der Waals surface area contributed by atoms with E-state index in [0.717, 1.165) is 30.8 Å². The molecule has 0 spiro atoms. The van der Waals surface area contributed by atoms with E-state index in [1.165, 1.54) is 0 Å². The lowest BCUT2D eigenvalue weighted by Gasteiger charge is -2.41. The van der Waals surface area contributed by atoms with Crippen LogP contribution in [0.5, 0.6) is 5.88 Å². The number of hydrogen-bond donors (Lipinski definition) is 1. The number of methoxy groups -OCH3 is 1. The van der Waals surface area contributed by atoms with Gasteiger partial charge in [0.1, 0.15) is 0 Å². The predicted molar refractivity (Wildman–Crippen MR) is 115 cm³/mol. The molecule has 4 rings (SSSR count). The summed E-state index contributed by atoms with van der Waals surface area (Å²) in [5, 5.41) is 20.0. The van der Waals surface area contributed by atoms with Crippen LogP contribution in [0.3, 0.4) is 0 Å². The highest BCUT2D eigenvalue weighted by Gasteiger charge is 2.38. The molecule has 0 radical (unpaired) electrons. The highest BCUT2D eigenvalue weighted by Crippen LogP contribution is 2.34. The number of nitrogens with zero attached hydrogens (tertiary/aromatic N) is 4. The van der Waals surface area contributed by atoms with Gasteiger partial charge in [-0.3, -0.25) is 4.79 Å². The summed E-state index contributed by atoms with van der Waals surface area (Å²) in [6.07, 6.45) is 2.87. The van der Waals surface area contributed by atoms with Crippen molar-refractivity contribution >= 4 is 23.3 Å². The number of aliphatic hydroxyl groups is 1. The molecule has 1 atom stereocenters. The van der Waals surface area contributed by atoms with Crippen molar-refractivity contribution in [2.24, 2.45) is 5.92 Å². The summed E-state index contributed by atoms with van der Waals surface area (Å²) >= 11 is 5.96. The summed E-state index contributed by atoms with van der Waals surface area (Å²) in [7, 11) is 1.56. The van der Waals surface area contributed by atoms with Crippen LogP contribution in [0, 0.1) is 5.92 Å². The monoisotopic (exact) mass is 430 g/mol. The number of carbonyl (C=O) groups is 1. The van der Waals surface area contributed by atoms with Crippen LogP contribution in [0.15, 0.2) is 36.4 Å². The number of ether oxygens (including phenoxy) is 1. The highest BCUT2D eigenvalue weighted by atomic mass is 35.5. The van der Waals surface area contributed by atoms with Crippen LogP contribution in [0.4, 0.5) is 5.82 Å². The van der Waals surface area contributed by atoms with Gasteiger partial charge in [0.15, 0.2) is 5.82 Å². The van der Waals surface area contributed by atoms with Crippen LogP contribution >= 0.6 is 11.6 Å². The molecule has 8 heteroatoms. The van der Waals surface area contributed by atoms with E-state index in [1.807, 2.05) is 23.1 Å². The second-order valence-electron chi connectivity index (χ2n) is 8.08. The first-order chi connectivity index (χ1) is 14.5. The lowest BCUT2D eigenvalue weighted by Crippen LogP contribution is -2.50. The minimum absolute atomic E-state index is 0.0654. The average Bonchev–Trinajstić information content (AvgIpc) is 2.79. The third-order valence-corrected chi connectivity index (χ3v) is 6.47. The van der Waals surface area contributed by atoms with Crippen molar-refractivity contribution in [1.82, 2.24) is 15.1 Å². The van der Waals surface area contributed by atoms with E-state index in [-0.39, 0.29) is 11.8 Å². The first-order valence-electron chi connectivity index (χ1n) is 10.4. The molecule has 3 heterocycles. The summed E-state index contributed by atoms with van der Waals surface area (Å²) in [6.45, 7) is 2.60. The molecule has 2 saturated heterocycles. The molecule has 2 fully saturated rings. The Hall–Kier alpha value is -2.38. The van der Waals surface area contributed by atoms with Crippen LogP contribution in [0.25, 0.3) is 0 Å². The van der Waals surface area contributed by atoms with E-state index >= 15 is 0 Å². The standard InChI is InChI=1S/C22H27ClN4O3/c1-30-20-9-8-19(24-25-20)27-12-2-3-16(15-27)21(28)26-13-10-22(29,11-14-26)17-4-6-18(23)7-5-17/h4-9,16,29H,2-3,10-15H2,1H3/t16-/m1/s1. The summed E-state index contributed by atoms with van der Waals surface area (Å²) in [5.41, 5.74) is -0.0422. The third-order valence-electron chi connectivity index (χ3n) is 6.21.